The fourth-order valence-corrected chi connectivity index (χ4v) is 8.13. The zero-order valence-electron chi connectivity index (χ0n) is 21.0. The number of rotatable bonds is 5. The molecule has 0 radical (unpaired) electrons. The van der Waals surface area contributed by atoms with Gasteiger partial charge in [0.25, 0.3) is 5.56 Å². The van der Waals surface area contributed by atoms with Gasteiger partial charge in [0.1, 0.15) is 5.69 Å². The number of hydrogen-bond acceptors (Lipinski definition) is 5. The Morgan fingerprint density at radius 1 is 0.914 bits per heavy atom. The van der Waals surface area contributed by atoms with Crippen molar-refractivity contribution in [2.75, 3.05) is 6.61 Å². The summed E-state index contributed by atoms with van der Waals surface area (Å²) in [6, 6.07) is 9.93. The van der Waals surface area contributed by atoms with Crippen LogP contribution in [0.3, 0.4) is 0 Å². The molecule has 0 amide bonds. The van der Waals surface area contributed by atoms with Crippen molar-refractivity contribution in [1.29, 1.82) is 0 Å². The largest absolute Gasteiger partial charge is 0.466 e. The number of ether oxygens (including phenoxy) is 1. The topological polar surface area (TPSA) is 64.4 Å². The predicted molar refractivity (Wildman–Crippen MR) is 136 cm³/mol. The number of carbonyl (C=O) groups excluding carboxylic acids is 1. The van der Waals surface area contributed by atoms with Gasteiger partial charge in [-0.3, -0.25) is 14.5 Å². The van der Waals surface area contributed by atoms with Crippen LogP contribution in [0, 0.1) is 11.8 Å². The highest BCUT2D eigenvalue weighted by Gasteiger charge is 2.46. The summed E-state index contributed by atoms with van der Waals surface area (Å²) in [6.07, 6.45) is 14.4. The first-order valence-electron chi connectivity index (χ1n) is 14.0. The third kappa shape index (κ3) is 4.43. The summed E-state index contributed by atoms with van der Waals surface area (Å²) in [7, 11) is 0. The van der Waals surface area contributed by atoms with Crippen molar-refractivity contribution in [1.82, 2.24) is 14.5 Å². The molecule has 2 aliphatic heterocycles. The van der Waals surface area contributed by atoms with E-state index in [0.717, 1.165) is 41.8 Å². The van der Waals surface area contributed by atoms with Crippen LogP contribution in [-0.2, 0) is 16.0 Å². The average Bonchev–Trinajstić information content (AvgIpc) is 3.00. The predicted octanol–water partition coefficient (Wildman–Crippen LogP) is 5.03. The molecule has 6 nitrogen and oxygen atoms in total. The molecular formula is C29H39N3O3. The zero-order chi connectivity index (χ0) is 23.9. The first kappa shape index (κ1) is 23.2. The number of esters is 1. The van der Waals surface area contributed by atoms with Gasteiger partial charge in [0.15, 0.2) is 0 Å². The van der Waals surface area contributed by atoms with Crippen molar-refractivity contribution in [2.24, 2.45) is 11.8 Å². The molecule has 6 rings (SSSR count). The van der Waals surface area contributed by atoms with E-state index in [-0.39, 0.29) is 24.0 Å². The molecule has 3 heterocycles. The molecule has 2 saturated heterocycles. The first-order chi connectivity index (χ1) is 17.1. The third-order valence-corrected chi connectivity index (χ3v) is 9.38. The fraction of sp³-hybridized carbons (Fsp3) is 0.690. The van der Waals surface area contributed by atoms with E-state index in [2.05, 4.69) is 9.88 Å². The third-order valence-electron chi connectivity index (χ3n) is 9.38. The van der Waals surface area contributed by atoms with Crippen molar-refractivity contribution in [3.05, 3.63) is 40.3 Å². The van der Waals surface area contributed by atoms with Gasteiger partial charge in [0, 0.05) is 24.2 Å². The van der Waals surface area contributed by atoms with E-state index in [9.17, 15) is 9.59 Å². The minimum atomic E-state index is -0.382. The minimum Gasteiger partial charge on any atom is -0.466 e. The van der Waals surface area contributed by atoms with Crippen molar-refractivity contribution < 1.29 is 9.53 Å². The lowest BCUT2D eigenvalue weighted by molar-refractivity contribution is -0.142. The van der Waals surface area contributed by atoms with E-state index in [4.69, 9.17) is 4.74 Å². The van der Waals surface area contributed by atoms with Crippen molar-refractivity contribution in [3.8, 4) is 0 Å². The molecule has 0 N–H and O–H groups in total. The number of nitrogens with zero attached hydrogens (tertiary/aromatic N) is 3. The molecule has 0 unspecified atom stereocenters. The maximum atomic E-state index is 13.7. The lowest BCUT2D eigenvalue weighted by Crippen LogP contribution is -2.52. The molecule has 35 heavy (non-hydrogen) atoms. The molecule has 4 fully saturated rings. The summed E-state index contributed by atoms with van der Waals surface area (Å²) in [5.74, 6) is 1.47. The second-order valence-electron chi connectivity index (χ2n) is 11.5. The number of aromatic nitrogens is 2. The van der Waals surface area contributed by atoms with Crippen LogP contribution in [0.2, 0.25) is 0 Å². The van der Waals surface area contributed by atoms with Gasteiger partial charge >= 0.3 is 5.97 Å². The summed E-state index contributed by atoms with van der Waals surface area (Å²) in [6.45, 7) is 2.10. The van der Waals surface area contributed by atoms with E-state index in [1.807, 2.05) is 28.8 Å². The Bertz CT molecular complexity index is 1120. The van der Waals surface area contributed by atoms with E-state index >= 15 is 0 Å². The molecule has 1 aromatic heterocycles. The van der Waals surface area contributed by atoms with Gasteiger partial charge in [-0.15, -0.1) is 0 Å². The Morgan fingerprint density at radius 3 is 2.29 bits per heavy atom. The van der Waals surface area contributed by atoms with Gasteiger partial charge in [0.05, 0.1) is 24.1 Å². The molecule has 1 aromatic carbocycles. The number of para-hydroxylation sites is 2. The van der Waals surface area contributed by atoms with E-state index in [1.165, 1.54) is 57.8 Å². The molecule has 4 atom stereocenters. The Morgan fingerprint density at radius 2 is 1.60 bits per heavy atom. The van der Waals surface area contributed by atoms with Crippen LogP contribution < -0.4 is 5.56 Å². The quantitative estimate of drug-likeness (QED) is 0.565. The van der Waals surface area contributed by atoms with E-state index in [0.29, 0.717) is 24.4 Å². The Hall–Kier alpha value is -2.21. The maximum Gasteiger partial charge on any atom is 0.312 e. The smallest absolute Gasteiger partial charge is 0.312 e. The van der Waals surface area contributed by atoms with Crippen molar-refractivity contribution in [2.45, 2.75) is 108 Å². The molecule has 6 heteroatoms. The first-order valence-corrected chi connectivity index (χ1v) is 14.0. The lowest BCUT2D eigenvalue weighted by atomic mass is 9.76. The molecule has 0 spiro atoms. The molecule has 2 saturated carbocycles. The molecule has 2 aromatic rings. The second kappa shape index (κ2) is 9.68. The highest BCUT2D eigenvalue weighted by atomic mass is 16.5. The van der Waals surface area contributed by atoms with Crippen LogP contribution in [0.15, 0.2) is 29.1 Å². The summed E-state index contributed by atoms with van der Waals surface area (Å²) in [4.78, 5) is 33.4. The van der Waals surface area contributed by atoms with Crippen molar-refractivity contribution in [3.63, 3.8) is 0 Å². The monoisotopic (exact) mass is 477 g/mol. The standard InChI is InChI=1S/C29H39N3O3/c1-2-35-28(33)18-26-29(34)32(27-10-6-5-9-25(27)30-26)24-16-21-11-12-22(17-24)31(21)23-14-19-7-3-4-8-20(13-19)15-23/h5-6,9-10,19-24H,2-4,7-8,11-18H2,1H3/t19-,20-,21-,22-/m1/s1. The van der Waals surface area contributed by atoms with Gasteiger partial charge in [0.2, 0.25) is 0 Å². The van der Waals surface area contributed by atoms with Gasteiger partial charge in [-0.1, -0.05) is 37.8 Å². The molecule has 188 valence electrons. The highest BCUT2D eigenvalue weighted by molar-refractivity contribution is 5.77. The maximum absolute atomic E-state index is 13.7. The highest BCUT2D eigenvalue weighted by Crippen LogP contribution is 2.47. The van der Waals surface area contributed by atoms with E-state index < -0.39 is 0 Å². The van der Waals surface area contributed by atoms with Gasteiger partial charge < -0.3 is 9.30 Å². The molecule has 4 bridgehead atoms. The van der Waals surface area contributed by atoms with Gasteiger partial charge in [-0.05, 0) is 75.8 Å². The number of piperidine rings is 1. The Balaban J connectivity index is 1.29. The van der Waals surface area contributed by atoms with Crippen LogP contribution in [0.1, 0.15) is 89.3 Å². The number of carbonyl (C=O) groups is 1. The minimum absolute atomic E-state index is 0.0614. The number of fused-ring (bicyclic) bond motifs is 5. The van der Waals surface area contributed by atoms with Crippen molar-refractivity contribution >= 4 is 17.0 Å². The Kier molecular flexibility index (Phi) is 6.42. The number of benzene rings is 1. The summed E-state index contributed by atoms with van der Waals surface area (Å²) in [5.41, 5.74) is 1.88. The normalized spacial score (nSPS) is 32.9. The molecule has 2 aliphatic carbocycles. The van der Waals surface area contributed by atoms with Crippen LogP contribution >= 0.6 is 0 Å². The fourth-order valence-electron chi connectivity index (χ4n) is 8.13. The summed E-state index contributed by atoms with van der Waals surface area (Å²) >= 11 is 0. The average molecular weight is 478 g/mol. The van der Waals surface area contributed by atoms with Gasteiger partial charge in [-0.2, -0.15) is 0 Å². The Labute approximate surface area is 208 Å². The van der Waals surface area contributed by atoms with Crippen LogP contribution in [-0.4, -0.2) is 45.2 Å². The summed E-state index contributed by atoms with van der Waals surface area (Å²) < 4.78 is 7.12. The van der Waals surface area contributed by atoms with Crippen LogP contribution in [0.4, 0.5) is 0 Å². The lowest BCUT2D eigenvalue weighted by Gasteiger charge is -2.48. The second-order valence-corrected chi connectivity index (χ2v) is 11.5. The number of hydrogen-bond donors (Lipinski definition) is 0. The SMILES string of the molecule is CCOC(=O)Cc1nc2ccccc2n(C2C[C@H]3CC[C@H](C2)N3C2C[C@@H]3CCCC[C@@H](C2)C3)c1=O. The zero-order valence-corrected chi connectivity index (χ0v) is 21.0. The van der Waals surface area contributed by atoms with Crippen LogP contribution in [0.5, 0.6) is 0 Å². The summed E-state index contributed by atoms with van der Waals surface area (Å²) in [5, 5.41) is 0. The van der Waals surface area contributed by atoms with Gasteiger partial charge in [-0.25, -0.2) is 4.98 Å². The molecule has 4 aliphatic rings. The van der Waals surface area contributed by atoms with Crippen LogP contribution in [0.25, 0.3) is 11.0 Å². The van der Waals surface area contributed by atoms with E-state index in [1.54, 1.807) is 6.92 Å². The molecular weight excluding hydrogens is 438 g/mol.